The molecule has 0 spiro atoms. The SMILES string of the molecule is O=C(c1ccccc1)c1ccccc1C(=O)N1CCC(C(=O)O)CC1. The minimum absolute atomic E-state index is 0.190. The lowest BCUT2D eigenvalue weighted by molar-refractivity contribution is -0.143. The van der Waals surface area contributed by atoms with Gasteiger partial charge in [-0.2, -0.15) is 0 Å². The van der Waals surface area contributed by atoms with E-state index < -0.39 is 11.9 Å². The van der Waals surface area contributed by atoms with E-state index in [-0.39, 0.29) is 11.7 Å². The van der Waals surface area contributed by atoms with Crippen LogP contribution in [0.3, 0.4) is 0 Å². The van der Waals surface area contributed by atoms with Crippen LogP contribution in [0.25, 0.3) is 0 Å². The Morgan fingerprint density at radius 2 is 1.40 bits per heavy atom. The lowest BCUT2D eigenvalue weighted by atomic mass is 9.94. The average Bonchev–Trinajstić information content (AvgIpc) is 2.67. The number of likely N-dealkylation sites (tertiary alicyclic amines) is 1. The van der Waals surface area contributed by atoms with E-state index in [0.717, 1.165) is 0 Å². The van der Waals surface area contributed by atoms with E-state index in [2.05, 4.69) is 0 Å². The van der Waals surface area contributed by atoms with Crippen molar-refractivity contribution >= 4 is 17.7 Å². The van der Waals surface area contributed by atoms with Gasteiger partial charge in [0.15, 0.2) is 5.78 Å². The molecule has 25 heavy (non-hydrogen) atoms. The second-order valence-corrected chi connectivity index (χ2v) is 6.15. The van der Waals surface area contributed by atoms with Crippen LogP contribution in [0.15, 0.2) is 54.6 Å². The number of carboxylic acids is 1. The Morgan fingerprint density at radius 1 is 0.840 bits per heavy atom. The highest BCUT2D eigenvalue weighted by Gasteiger charge is 2.29. The van der Waals surface area contributed by atoms with Crippen LogP contribution in [0.4, 0.5) is 0 Å². The predicted molar refractivity (Wildman–Crippen MR) is 92.6 cm³/mol. The molecule has 1 N–H and O–H groups in total. The van der Waals surface area contributed by atoms with Crippen LogP contribution >= 0.6 is 0 Å². The summed E-state index contributed by atoms with van der Waals surface area (Å²) in [5.74, 6) is -1.62. The molecular weight excluding hydrogens is 318 g/mol. The molecule has 0 bridgehead atoms. The first-order chi connectivity index (χ1) is 12.1. The normalized spacial score (nSPS) is 15.0. The molecule has 2 aromatic rings. The molecule has 1 amide bonds. The van der Waals surface area contributed by atoms with Crippen molar-refractivity contribution < 1.29 is 19.5 Å². The van der Waals surface area contributed by atoms with Crippen molar-refractivity contribution in [2.45, 2.75) is 12.8 Å². The number of rotatable bonds is 4. The van der Waals surface area contributed by atoms with Crippen molar-refractivity contribution in [2.75, 3.05) is 13.1 Å². The lowest BCUT2D eigenvalue weighted by Gasteiger charge is -2.30. The van der Waals surface area contributed by atoms with E-state index in [1.807, 2.05) is 6.07 Å². The maximum absolute atomic E-state index is 12.9. The number of ketones is 1. The van der Waals surface area contributed by atoms with E-state index >= 15 is 0 Å². The first kappa shape index (κ1) is 16.9. The topological polar surface area (TPSA) is 74.7 Å². The van der Waals surface area contributed by atoms with Gasteiger partial charge in [0.2, 0.25) is 0 Å². The molecule has 1 aliphatic heterocycles. The zero-order valence-corrected chi connectivity index (χ0v) is 13.7. The Morgan fingerprint density at radius 3 is 2.00 bits per heavy atom. The minimum atomic E-state index is -0.813. The summed E-state index contributed by atoms with van der Waals surface area (Å²) >= 11 is 0. The molecule has 1 heterocycles. The first-order valence-electron chi connectivity index (χ1n) is 8.29. The summed E-state index contributed by atoms with van der Waals surface area (Å²) in [7, 11) is 0. The van der Waals surface area contributed by atoms with Crippen LogP contribution in [-0.2, 0) is 4.79 Å². The number of carboxylic acid groups (broad SMARTS) is 1. The zero-order valence-electron chi connectivity index (χ0n) is 13.7. The Kier molecular flexibility index (Phi) is 4.93. The first-order valence-corrected chi connectivity index (χ1v) is 8.29. The van der Waals surface area contributed by atoms with Gasteiger partial charge in [-0.05, 0) is 18.9 Å². The largest absolute Gasteiger partial charge is 0.481 e. The standard InChI is InChI=1S/C20H19NO4/c22-18(14-6-2-1-3-7-14)16-8-4-5-9-17(16)19(23)21-12-10-15(11-13-21)20(24)25/h1-9,15H,10-13H2,(H,24,25). The van der Waals surface area contributed by atoms with Crippen molar-refractivity contribution in [1.29, 1.82) is 0 Å². The molecule has 128 valence electrons. The summed E-state index contributed by atoms with van der Waals surface area (Å²) in [5.41, 5.74) is 1.27. The lowest BCUT2D eigenvalue weighted by Crippen LogP contribution is -2.40. The smallest absolute Gasteiger partial charge is 0.306 e. The monoisotopic (exact) mass is 337 g/mol. The molecule has 0 saturated carbocycles. The number of aliphatic carboxylic acids is 1. The molecule has 0 aliphatic carbocycles. The third kappa shape index (κ3) is 3.60. The number of nitrogens with zero attached hydrogens (tertiary/aromatic N) is 1. The van der Waals surface area contributed by atoms with Crippen LogP contribution < -0.4 is 0 Å². The number of piperidine rings is 1. The minimum Gasteiger partial charge on any atom is -0.481 e. The molecule has 1 saturated heterocycles. The zero-order chi connectivity index (χ0) is 17.8. The Bertz CT molecular complexity index is 792. The van der Waals surface area contributed by atoms with E-state index in [1.54, 1.807) is 53.4 Å². The Balaban J connectivity index is 1.83. The number of carbonyl (C=O) groups excluding carboxylic acids is 2. The van der Waals surface area contributed by atoms with Gasteiger partial charge in [0.05, 0.1) is 11.5 Å². The molecule has 5 nitrogen and oxygen atoms in total. The van der Waals surface area contributed by atoms with E-state index in [4.69, 9.17) is 5.11 Å². The number of amides is 1. The molecule has 3 rings (SSSR count). The van der Waals surface area contributed by atoms with E-state index in [0.29, 0.717) is 42.6 Å². The van der Waals surface area contributed by atoms with Gasteiger partial charge in [-0.25, -0.2) is 0 Å². The fourth-order valence-electron chi connectivity index (χ4n) is 3.11. The van der Waals surface area contributed by atoms with E-state index in [9.17, 15) is 14.4 Å². The quantitative estimate of drug-likeness (QED) is 0.871. The van der Waals surface area contributed by atoms with Crippen molar-refractivity contribution in [3.05, 3.63) is 71.3 Å². The predicted octanol–water partition coefficient (Wildman–Crippen LogP) is 2.85. The number of benzene rings is 2. The number of hydrogen-bond donors (Lipinski definition) is 1. The van der Waals surface area contributed by atoms with Gasteiger partial charge < -0.3 is 10.0 Å². The number of hydrogen-bond acceptors (Lipinski definition) is 3. The number of carbonyl (C=O) groups is 3. The maximum Gasteiger partial charge on any atom is 0.306 e. The molecule has 0 atom stereocenters. The molecule has 1 aliphatic rings. The van der Waals surface area contributed by atoms with Crippen LogP contribution in [0.1, 0.15) is 39.1 Å². The third-order valence-electron chi connectivity index (χ3n) is 4.57. The van der Waals surface area contributed by atoms with Crippen LogP contribution in [-0.4, -0.2) is 40.8 Å². The maximum atomic E-state index is 12.9. The van der Waals surface area contributed by atoms with Crippen molar-refractivity contribution in [1.82, 2.24) is 4.90 Å². The Hall–Kier alpha value is -2.95. The molecule has 0 radical (unpaired) electrons. The summed E-state index contributed by atoms with van der Waals surface area (Å²) < 4.78 is 0. The highest BCUT2D eigenvalue weighted by atomic mass is 16.4. The van der Waals surface area contributed by atoms with Gasteiger partial charge in [-0.1, -0.05) is 48.5 Å². The summed E-state index contributed by atoms with van der Waals surface area (Å²) in [6.07, 6.45) is 0.881. The summed E-state index contributed by atoms with van der Waals surface area (Å²) in [4.78, 5) is 38.3. The molecule has 0 aromatic heterocycles. The van der Waals surface area contributed by atoms with E-state index in [1.165, 1.54) is 0 Å². The second-order valence-electron chi connectivity index (χ2n) is 6.15. The highest BCUT2D eigenvalue weighted by molar-refractivity contribution is 6.15. The summed E-state index contributed by atoms with van der Waals surface area (Å²) in [6, 6.07) is 15.6. The highest BCUT2D eigenvalue weighted by Crippen LogP contribution is 2.22. The average molecular weight is 337 g/mol. The van der Waals surface area contributed by atoms with Gasteiger partial charge in [0, 0.05) is 24.2 Å². The van der Waals surface area contributed by atoms with Crippen molar-refractivity contribution in [2.24, 2.45) is 5.92 Å². The molecular formula is C20H19NO4. The fourth-order valence-corrected chi connectivity index (χ4v) is 3.11. The van der Waals surface area contributed by atoms with Gasteiger partial charge in [0.25, 0.3) is 5.91 Å². The second kappa shape index (κ2) is 7.30. The van der Waals surface area contributed by atoms with Gasteiger partial charge >= 0.3 is 5.97 Å². The van der Waals surface area contributed by atoms with Crippen LogP contribution in [0.5, 0.6) is 0 Å². The molecule has 0 unspecified atom stereocenters. The molecule has 2 aromatic carbocycles. The summed E-state index contributed by atoms with van der Waals surface area (Å²) in [6.45, 7) is 0.785. The molecule has 5 heteroatoms. The van der Waals surface area contributed by atoms with Crippen molar-refractivity contribution in [3.8, 4) is 0 Å². The third-order valence-corrected chi connectivity index (χ3v) is 4.57. The van der Waals surface area contributed by atoms with Gasteiger partial charge in [-0.15, -0.1) is 0 Å². The van der Waals surface area contributed by atoms with Gasteiger partial charge in [-0.3, -0.25) is 14.4 Å². The van der Waals surface area contributed by atoms with Crippen LogP contribution in [0, 0.1) is 5.92 Å². The molecule has 1 fully saturated rings. The van der Waals surface area contributed by atoms with Gasteiger partial charge in [0.1, 0.15) is 0 Å². The van der Waals surface area contributed by atoms with Crippen molar-refractivity contribution in [3.63, 3.8) is 0 Å². The fraction of sp³-hybridized carbons (Fsp3) is 0.250. The Labute approximate surface area is 145 Å². The summed E-state index contributed by atoms with van der Waals surface area (Å²) in [5, 5.41) is 9.07. The van der Waals surface area contributed by atoms with Crippen LogP contribution in [0.2, 0.25) is 0 Å².